The van der Waals surface area contributed by atoms with Crippen LogP contribution in [-0.2, 0) is 33.5 Å². The zero-order valence-corrected chi connectivity index (χ0v) is 21.1. The van der Waals surface area contributed by atoms with Gasteiger partial charge in [-0.25, -0.2) is 9.78 Å². The van der Waals surface area contributed by atoms with Crippen LogP contribution in [0.3, 0.4) is 0 Å². The van der Waals surface area contributed by atoms with Crippen LogP contribution in [0.15, 0.2) is 34.0 Å². The molecule has 2 amide bonds. The number of β-lactam (4-membered cyclic amide) rings is 1. The van der Waals surface area contributed by atoms with Gasteiger partial charge in [-0.15, -0.1) is 23.1 Å². The fourth-order valence-electron chi connectivity index (χ4n) is 3.37. The van der Waals surface area contributed by atoms with E-state index in [4.69, 9.17) is 20.0 Å². The van der Waals surface area contributed by atoms with E-state index in [-0.39, 0.29) is 28.8 Å². The second kappa shape index (κ2) is 11.4. The van der Waals surface area contributed by atoms with Crippen LogP contribution in [0.25, 0.3) is 0 Å². The van der Waals surface area contributed by atoms with Gasteiger partial charge in [0, 0.05) is 25.0 Å². The Kier molecular flexibility index (Phi) is 8.51. The summed E-state index contributed by atoms with van der Waals surface area (Å²) in [6.07, 6.45) is 2.30. The van der Waals surface area contributed by atoms with Gasteiger partial charge < -0.3 is 25.4 Å². The van der Waals surface area contributed by atoms with E-state index in [1.807, 2.05) is 0 Å². The van der Waals surface area contributed by atoms with Crippen LogP contribution in [0.2, 0.25) is 0 Å². The molecule has 0 radical (unpaired) electrons. The third-order valence-electron chi connectivity index (χ3n) is 4.72. The second-order valence-corrected chi connectivity index (χ2v) is 9.24. The van der Waals surface area contributed by atoms with Gasteiger partial charge in [0.05, 0.1) is 0 Å². The van der Waals surface area contributed by atoms with Gasteiger partial charge in [0.2, 0.25) is 6.29 Å². The largest absolute Gasteiger partial charge is 0.426 e. The number of thiazole rings is 1. The van der Waals surface area contributed by atoms with Crippen molar-refractivity contribution in [2.45, 2.75) is 45.4 Å². The number of hydrogen-bond acceptors (Lipinski definition) is 12. The molecular weight excluding hydrogens is 498 g/mol. The van der Waals surface area contributed by atoms with Crippen molar-refractivity contribution in [3.63, 3.8) is 0 Å². The summed E-state index contributed by atoms with van der Waals surface area (Å²) in [4.78, 5) is 60.5. The van der Waals surface area contributed by atoms with Crippen molar-refractivity contribution in [1.29, 1.82) is 0 Å². The molecule has 2 aliphatic heterocycles. The fraction of sp³-hybridized carbons (Fsp3) is 0.429. The molecule has 3 N–H and O–H groups in total. The van der Waals surface area contributed by atoms with Gasteiger partial charge in [0.15, 0.2) is 10.8 Å². The van der Waals surface area contributed by atoms with Gasteiger partial charge in [0.25, 0.3) is 11.8 Å². The summed E-state index contributed by atoms with van der Waals surface area (Å²) in [5.74, 6) is -2.21. The second-order valence-electron chi connectivity index (χ2n) is 7.25. The lowest BCUT2D eigenvalue weighted by Gasteiger charge is -2.49. The molecule has 14 heteroatoms. The molecule has 1 unspecified atom stereocenters. The van der Waals surface area contributed by atoms with E-state index in [1.165, 1.54) is 30.5 Å². The first kappa shape index (κ1) is 26.2. The average molecular weight is 524 g/mol. The third kappa shape index (κ3) is 5.82. The van der Waals surface area contributed by atoms with E-state index in [0.717, 1.165) is 11.3 Å². The molecule has 2 aliphatic rings. The number of nitrogens with one attached hydrogen (secondary N) is 1. The van der Waals surface area contributed by atoms with Crippen LogP contribution >= 0.6 is 23.1 Å². The van der Waals surface area contributed by atoms with Crippen molar-refractivity contribution < 1.29 is 33.5 Å². The molecule has 3 heterocycles. The van der Waals surface area contributed by atoms with Crippen molar-refractivity contribution in [3.05, 3.63) is 34.5 Å². The number of amides is 2. The topological polar surface area (TPSA) is 163 Å². The molecule has 1 fully saturated rings. The lowest BCUT2D eigenvalue weighted by atomic mass is 10.0. The number of carbonyl (C=O) groups excluding carboxylic acids is 4. The molecule has 0 aliphatic carbocycles. The summed E-state index contributed by atoms with van der Waals surface area (Å²) in [6, 6.07) is -0.920. The van der Waals surface area contributed by atoms with Gasteiger partial charge in [-0.2, -0.15) is 0 Å². The number of nitrogens with two attached hydrogens (primary N) is 1. The van der Waals surface area contributed by atoms with Crippen molar-refractivity contribution >= 4 is 57.7 Å². The van der Waals surface area contributed by atoms with Crippen molar-refractivity contribution in [1.82, 2.24) is 15.2 Å². The monoisotopic (exact) mass is 523 g/mol. The number of ether oxygens (including phenoxy) is 2. The first-order chi connectivity index (χ1) is 16.7. The van der Waals surface area contributed by atoms with Crippen LogP contribution in [0.5, 0.6) is 0 Å². The Balaban J connectivity index is 1.80. The molecule has 1 aromatic heterocycles. The number of fused-ring (bicyclic) bond motifs is 1. The smallest absolute Gasteiger partial charge is 0.358 e. The Morgan fingerprint density at radius 3 is 2.74 bits per heavy atom. The number of anilines is 1. The Hall–Kier alpha value is -3.39. The molecule has 35 heavy (non-hydrogen) atoms. The van der Waals surface area contributed by atoms with E-state index in [2.05, 4.69) is 15.5 Å². The lowest BCUT2D eigenvalue weighted by Crippen LogP contribution is -2.71. The Morgan fingerprint density at radius 1 is 1.40 bits per heavy atom. The Labute approximate surface area is 209 Å². The quantitative estimate of drug-likeness (QED) is 0.158. The van der Waals surface area contributed by atoms with E-state index >= 15 is 0 Å². The van der Waals surface area contributed by atoms with Crippen LogP contribution in [0.1, 0.15) is 33.4 Å². The number of allylic oxidation sites excluding steroid dienone is 2. The SMILES string of the molecule is C/C=C\C1=C(C(=O)OC(C)OC(C)=O)N2C(=O)[C@@H](NC(=O)/C(=N\OCC)c3csc(N)n3)[C@@H]2SC1. The normalized spacial score (nSPS) is 20.7. The van der Waals surface area contributed by atoms with Crippen molar-refractivity contribution in [3.8, 4) is 0 Å². The zero-order chi connectivity index (χ0) is 25.7. The first-order valence-corrected chi connectivity index (χ1v) is 12.5. The maximum absolute atomic E-state index is 13.1. The number of hydrogen-bond donors (Lipinski definition) is 2. The van der Waals surface area contributed by atoms with Crippen LogP contribution < -0.4 is 11.1 Å². The molecule has 0 aromatic carbocycles. The van der Waals surface area contributed by atoms with Gasteiger partial charge in [-0.1, -0.05) is 17.3 Å². The standard InChI is InChI=1S/C21H25N5O7S2/c1-5-7-12-8-34-19-15(18(29)26(19)16(12)20(30)33-11(4)32-10(3)27)24-17(28)14(25-31-6-2)13-9-35-21(22)23-13/h5,7,9,11,15,19H,6,8H2,1-4H3,(H2,22,23)(H,24,28)/b7-5-,25-14-/t11?,15-,19+/m1/s1. The minimum Gasteiger partial charge on any atom is -0.426 e. The van der Waals surface area contributed by atoms with Crippen molar-refractivity contribution in [2.24, 2.45) is 5.16 Å². The number of esters is 2. The van der Waals surface area contributed by atoms with Gasteiger partial charge >= 0.3 is 11.9 Å². The molecule has 0 saturated carbocycles. The number of thioether (sulfide) groups is 1. The predicted molar refractivity (Wildman–Crippen MR) is 129 cm³/mol. The molecule has 3 atom stereocenters. The minimum atomic E-state index is -1.14. The van der Waals surface area contributed by atoms with E-state index in [0.29, 0.717) is 11.3 Å². The first-order valence-electron chi connectivity index (χ1n) is 10.6. The molecule has 1 saturated heterocycles. The van der Waals surface area contributed by atoms with Crippen LogP contribution in [0.4, 0.5) is 5.13 Å². The summed E-state index contributed by atoms with van der Waals surface area (Å²) in [6.45, 7) is 6.30. The summed E-state index contributed by atoms with van der Waals surface area (Å²) in [7, 11) is 0. The van der Waals surface area contributed by atoms with Crippen LogP contribution in [0, 0.1) is 0 Å². The summed E-state index contributed by atoms with van der Waals surface area (Å²) >= 11 is 2.51. The Morgan fingerprint density at radius 2 is 2.14 bits per heavy atom. The molecule has 0 spiro atoms. The highest BCUT2D eigenvalue weighted by Gasteiger charge is 2.54. The number of aromatic nitrogens is 1. The van der Waals surface area contributed by atoms with E-state index in [9.17, 15) is 19.2 Å². The highest BCUT2D eigenvalue weighted by atomic mass is 32.2. The summed E-state index contributed by atoms with van der Waals surface area (Å²) < 4.78 is 10.1. The molecule has 1 aromatic rings. The number of nitrogens with zero attached hydrogens (tertiary/aromatic N) is 3. The lowest BCUT2D eigenvalue weighted by molar-refractivity contribution is -0.182. The maximum atomic E-state index is 13.1. The van der Waals surface area contributed by atoms with Gasteiger partial charge in [0.1, 0.15) is 29.4 Å². The molecular formula is C21H25N5O7S2. The number of nitrogen functional groups attached to an aromatic ring is 1. The van der Waals surface area contributed by atoms with Crippen LogP contribution in [-0.4, -0.2) is 69.4 Å². The number of rotatable bonds is 9. The fourth-order valence-corrected chi connectivity index (χ4v) is 5.23. The summed E-state index contributed by atoms with van der Waals surface area (Å²) in [5, 5.41) is 7.74. The van der Waals surface area contributed by atoms with Crippen molar-refractivity contribution in [2.75, 3.05) is 18.1 Å². The molecule has 0 bridgehead atoms. The number of carbonyl (C=O) groups is 4. The van der Waals surface area contributed by atoms with E-state index < -0.39 is 41.5 Å². The number of oxime groups is 1. The molecule has 3 rings (SSSR count). The average Bonchev–Trinajstić information content (AvgIpc) is 3.22. The Bertz CT molecular complexity index is 1110. The molecule has 188 valence electrons. The highest BCUT2D eigenvalue weighted by molar-refractivity contribution is 8.00. The van der Waals surface area contributed by atoms with E-state index in [1.54, 1.807) is 31.4 Å². The molecule has 12 nitrogen and oxygen atoms in total. The maximum Gasteiger partial charge on any atom is 0.358 e. The zero-order valence-electron chi connectivity index (χ0n) is 19.5. The minimum absolute atomic E-state index is 0.0387. The summed E-state index contributed by atoms with van der Waals surface area (Å²) in [5.41, 5.74) is 6.38. The predicted octanol–water partition coefficient (Wildman–Crippen LogP) is 1.15. The van der Waals surface area contributed by atoms with Gasteiger partial charge in [-0.05, 0) is 19.4 Å². The highest BCUT2D eigenvalue weighted by Crippen LogP contribution is 2.41. The van der Waals surface area contributed by atoms with Gasteiger partial charge in [-0.3, -0.25) is 19.3 Å². The third-order valence-corrected chi connectivity index (χ3v) is 6.69.